The number of carbonyl (C=O) groups excluding carboxylic acids is 1. The molecule has 1 aromatic carbocycles. The van der Waals surface area contributed by atoms with Gasteiger partial charge in [0.05, 0.1) is 11.7 Å². The van der Waals surface area contributed by atoms with Crippen molar-refractivity contribution in [2.75, 3.05) is 26.2 Å². The fourth-order valence-corrected chi connectivity index (χ4v) is 4.52. The number of unbranched alkanes of at least 4 members (excludes halogenated alkanes) is 1. The highest BCUT2D eigenvalue weighted by Crippen LogP contribution is 2.21. The topological polar surface area (TPSA) is 92.5 Å². The summed E-state index contributed by atoms with van der Waals surface area (Å²) in [5.41, 5.74) is 6.20. The summed E-state index contributed by atoms with van der Waals surface area (Å²) >= 11 is 0. The Kier molecular flexibility index (Phi) is 7.20. The molecule has 0 saturated carbocycles. The number of piperidine rings is 1. The van der Waals surface area contributed by atoms with E-state index in [4.69, 9.17) is 5.73 Å². The molecule has 1 atom stereocenters. The number of nitrogens with zero attached hydrogens (tertiary/aromatic N) is 1. The summed E-state index contributed by atoms with van der Waals surface area (Å²) in [6, 6.07) is 9.14. The van der Waals surface area contributed by atoms with Crippen molar-refractivity contribution in [3.63, 3.8) is 0 Å². The van der Waals surface area contributed by atoms with Crippen LogP contribution in [0, 0.1) is 5.92 Å². The third kappa shape index (κ3) is 5.58. The first-order chi connectivity index (χ1) is 11.5. The van der Waals surface area contributed by atoms with Gasteiger partial charge in [-0.25, -0.2) is 12.7 Å². The molecular weight excluding hydrogens is 326 g/mol. The van der Waals surface area contributed by atoms with Crippen LogP contribution < -0.4 is 11.1 Å². The van der Waals surface area contributed by atoms with Gasteiger partial charge in [0.25, 0.3) is 0 Å². The maximum Gasteiger partial charge on any atom is 0.224 e. The summed E-state index contributed by atoms with van der Waals surface area (Å²) in [7, 11) is -3.40. The van der Waals surface area contributed by atoms with Gasteiger partial charge < -0.3 is 11.1 Å². The van der Waals surface area contributed by atoms with Crippen LogP contribution in [0.25, 0.3) is 0 Å². The maximum absolute atomic E-state index is 12.6. The zero-order valence-electron chi connectivity index (χ0n) is 14.0. The Morgan fingerprint density at radius 1 is 1.25 bits per heavy atom. The van der Waals surface area contributed by atoms with E-state index in [1.807, 2.05) is 30.3 Å². The number of nitrogens with one attached hydrogen (secondary N) is 1. The summed E-state index contributed by atoms with van der Waals surface area (Å²) in [6.07, 6.45) is 3.18. The molecule has 0 aliphatic carbocycles. The van der Waals surface area contributed by atoms with Crippen molar-refractivity contribution in [1.82, 2.24) is 9.62 Å². The van der Waals surface area contributed by atoms with Gasteiger partial charge in [0.15, 0.2) is 0 Å². The van der Waals surface area contributed by atoms with Gasteiger partial charge in [-0.15, -0.1) is 0 Å². The molecule has 1 heterocycles. The highest BCUT2D eigenvalue weighted by molar-refractivity contribution is 7.88. The molecule has 1 aromatic rings. The molecule has 134 valence electrons. The lowest BCUT2D eigenvalue weighted by atomic mass is 9.99. The van der Waals surface area contributed by atoms with Crippen LogP contribution in [0.3, 0.4) is 0 Å². The quantitative estimate of drug-likeness (QED) is 0.684. The van der Waals surface area contributed by atoms with Crippen molar-refractivity contribution in [2.24, 2.45) is 11.7 Å². The zero-order chi connectivity index (χ0) is 17.4. The van der Waals surface area contributed by atoms with Crippen molar-refractivity contribution in [1.29, 1.82) is 0 Å². The first kappa shape index (κ1) is 18.9. The van der Waals surface area contributed by atoms with Gasteiger partial charge in [0.2, 0.25) is 15.9 Å². The van der Waals surface area contributed by atoms with E-state index in [2.05, 4.69) is 5.32 Å². The predicted molar refractivity (Wildman–Crippen MR) is 94.7 cm³/mol. The molecule has 3 N–H and O–H groups in total. The van der Waals surface area contributed by atoms with Gasteiger partial charge in [-0.05, 0) is 37.8 Å². The maximum atomic E-state index is 12.6. The molecule has 1 unspecified atom stereocenters. The number of benzene rings is 1. The Hall–Kier alpha value is -1.44. The van der Waals surface area contributed by atoms with Crippen molar-refractivity contribution >= 4 is 15.9 Å². The van der Waals surface area contributed by atoms with Gasteiger partial charge in [0, 0.05) is 19.6 Å². The number of hydrogen-bond acceptors (Lipinski definition) is 4. The third-order valence-corrected chi connectivity index (χ3v) is 6.09. The van der Waals surface area contributed by atoms with E-state index in [-0.39, 0.29) is 24.1 Å². The summed E-state index contributed by atoms with van der Waals surface area (Å²) in [6.45, 7) is 1.98. The molecule has 0 spiro atoms. The molecule has 0 radical (unpaired) electrons. The van der Waals surface area contributed by atoms with Gasteiger partial charge in [-0.2, -0.15) is 0 Å². The van der Waals surface area contributed by atoms with E-state index in [0.29, 0.717) is 19.6 Å². The molecule has 1 aliphatic rings. The van der Waals surface area contributed by atoms with Crippen molar-refractivity contribution in [2.45, 2.75) is 31.4 Å². The summed E-state index contributed by atoms with van der Waals surface area (Å²) in [4.78, 5) is 12.2. The fraction of sp³-hybridized carbons (Fsp3) is 0.588. The minimum Gasteiger partial charge on any atom is -0.356 e. The lowest BCUT2D eigenvalue weighted by Gasteiger charge is -2.31. The zero-order valence-corrected chi connectivity index (χ0v) is 14.8. The van der Waals surface area contributed by atoms with Crippen molar-refractivity contribution < 1.29 is 13.2 Å². The SMILES string of the molecule is NCCCCNC(=O)C1CCCN(S(=O)(=O)Cc2ccccc2)C1. The third-order valence-electron chi connectivity index (χ3n) is 4.27. The van der Waals surface area contributed by atoms with Crippen LogP contribution in [0.4, 0.5) is 0 Å². The molecule has 24 heavy (non-hydrogen) atoms. The van der Waals surface area contributed by atoms with E-state index in [1.54, 1.807) is 0 Å². The highest BCUT2D eigenvalue weighted by atomic mass is 32.2. The second kappa shape index (κ2) is 9.15. The van der Waals surface area contributed by atoms with Crippen LogP contribution in [0.2, 0.25) is 0 Å². The largest absolute Gasteiger partial charge is 0.356 e. The molecule has 1 saturated heterocycles. The monoisotopic (exact) mass is 353 g/mol. The minimum atomic E-state index is -3.40. The van der Waals surface area contributed by atoms with E-state index < -0.39 is 10.0 Å². The van der Waals surface area contributed by atoms with Crippen LogP contribution in [0.15, 0.2) is 30.3 Å². The average Bonchev–Trinajstić information content (AvgIpc) is 2.59. The van der Waals surface area contributed by atoms with E-state index >= 15 is 0 Å². The predicted octanol–water partition coefficient (Wildman–Crippen LogP) is 1.08. The Balaban J connectivity index is 1.90. The van der Waals surface area contributed by atoms with Gasteiger partial charge in [-0.3, -0.25) is 4.79 Å². The second-order valence-corrected chi connectivity index (χ2v) is 8.19. The molecule has 0 bridgehead atoms. The molecule has 1 amide bonds. The normalized spacial score (nSPS) is 19.1. The number of sulfonamides is 1. The van der Waals surface area contributed by atoms with Gasteiger partial charge in [-0.1, -0.05) is 30.3 Å². The first-order valence-corrected chi connectivity index (χ1v) is 10.1. The lowest BCUT2D eigenvalue weighted by Crippen LogP contribution is -2.45. The molecule has 2 rings (SSSR count). The standard InChI is InChI=1S/C17H27N3O3S/c18-10-4-5-11-19-17(21)16-9-6-12-20(13-16)24(22,23)14-15-7-2-1-3-8-15/h1-3,7-8,16H,4-6,9-14,18H2,(H,19,21). The van der Waals surface area contributed by atoms with Crippen LogP contribution in [-0.4, -0.2) is 44.8 Å². The summed E-state index contributed by atoms with van der Waals surface area (Å²) < 4.78 is 26.7. The highest BCUT2D eigenvalue weighted by Gasteiger charge is 2.32. The number of carbonyl (C=O) groups is 1. The Morgan fingerprint density at radius 3 is 2.71 bits per heavy atom. The molecule has 1 aliphatic heterocycles. The summed E-state index contributed by atoms with van der Waals surface area (Å²) in [5.74, 6) is -0.326. The molecule has 7 heteroatoms. The van der Waals surface area contributed by atoms with E-state index in [9.17, 15) is 13.2 Å². The number of hydrogen-bond donors (Lipinski definition) is 2. The van der Waals surface area contributed by atoms with Crippen LogP contribution in [0.5, 0.6) is 0 Å². The van der Waals surface area contributed by atoms with Gasteiger partial charge in [0.1, 0.15) is 0 Å². The molecule has 6 nitrogen and oxygen atoms in total. The molecule has 0 aromatic heterocycles. The van der Waals surface area contributed by atoms with Gasteiger partial charge >= 0.3 is 0 Å². The summed E-state index contributed by atoms with van der Waals surface area (Å²) in [5, 5.41) is 2.89. The smallest absolute Gasteiger partial charge is 0.224 e. The number of rotatable bonds is 8. The van der Waals surface area contributed by atoms with E-state index in [1.165, 1.54) is 4.31 Å². The van der Waals surface area contributed by atoms with Crippen molar-refractivity contribution in [3.05, 3.63) is 35.9 Å². The average molecular weight is 353 g/mol. The number of amides is 1. The first-order valence-electron chi connectivity index (χ1n) is 8.52. The van der Waals surface area contributed by atoms with Crippen molar-refractivity contribution in [3.8, 4) is 0 Å². The van der Waals surface area contributed by atoms with Crippen LogP contribution in [-0.2, 0) is 20.6 Å². The number of nitrogens with two attached hydrogens (primary N) is 1. The molecular formula is C17H27N3O3S. The Labute approximate surface area is 144 Å². The second-order valence-electron chi connectivity index (χ2n) is 6.23. The van der Waals surface area contributed by atoms with Crippen LogP contribution >= 0.6 is 0 Å². The van der Waals surface area contributed by atoms with Crippen LogP contribution in [0.1, 0.15) is 31.2 Å². The fourth-order valence-electron chi connectivity index (χ4n) is 2.91. The molecule has 1 fully saturated rings. The Bertz CT molecular complexity index is 619. The minimum absolute atomic E-state index is 0.0152. The Morgan fingerprint density at radius 2 is 2.00 bits per heavy atom. The lowest BCUT2D eigenvalue weighted by molar-refractivity contribution is -0.126. The van der Waals surface area contributed by atoms with E-state index in [0.717, 1.165) is 31.2 Å².